The van der Waals surface area contributed by atoms with Gasteiger partial charge in [0, 0.05) is 11.8 Å². The predicted octanol–water partition coefficient (Wildman–Crippen LogP) is 2.24. The number of phenols is 1. The number of benzene rings is 2. The molecular formula is C14H14N2O3. The maximum atomic E-state index is 12.0. The van der Waals surface area contributed by atoms with Gasteiger partial charge in [-0.05, 0) is 24.3 Å². The lowest BCUT2D eigenvalue weighted by atomic mass is 10.2. The highest BCUT2D eigenvalue weighted by atomic mass is 16.5. The fourth-order valence-electron chi connectivity index (χ4n) is 1.65. The molecule has 0 saturated heterocycles. The first-order valence-electron chi connectivity index (χ1n) is 5.64. The molecule has 0 unspecified atom stereocenters. The third kappa shape index (κ3) is 2.77. The van der Waals surface area contributed by atoms with Crippen LogP contribution in [0.4, 0.5) is 11.4 Å². The molecule has 98 valence electrons. The molecule has 0 aromatic heterocycles. The van der Waals surface area contributed by atoms with Crippen LogP contribution in [0, 0.1) is 0 Å². The fraction of sp³-hybridized carbons (Fsp3) is 0.0714. The van der Waals surface area contributed by atoms with Gasteiger partial charge in [0.1, 0.15) is 11.5 Å². The van der Waals surface area contributed by atoms with Gasteiger partial charge < -0.3 is 20.9 Å². The molecule has 0 radical (unpaired) electrons. The number of anilines is 2. The molecule has 0 heterocycles. The van der Waals surface area contributed by atoms with Crippen molar-refractivity contribution in [2.45, 2.75) is 0 Å². The van der Waals surface area contributed by atoms with Gasteiger partial charge in [0.05, 0.1) is 18.4 Å². The van der Waals surface area contributed by atoms with Crippen molar-refractivity contribution in [1.82, 2.24) is 0 Å². The number of nitrogen functional groups attached to an aromatic ring is 1. The Bertz CT molecular complexity index is 611. The second-order valence-corrected chi connectivity index (χ2v) is 3.93. The number of nitrogens with two attached hydrogens (primary N) is 1. The van der Waals surface area contributed by atoms with Crippen LogP contribution in [0.1, 0.15) is 10.4 Å². The number of ether oxygens (including phenoxy) is 1. The van der Waals surface area contributed by atoms with Crippen molar-refractivity contribution in [2.24, 2.45) is 0 Å². The maximum Gasteiger partial charge on any atom is 0.259 e. The predicted molar refractivity (Wildman–Crippen MR) is 73.5 cm³/mol. The summed E-state index contributed by atoms with van der Waals surface area (Å²) < 4.78 is 5.07. The second-order valence-electron chi connectivity index (χ2n) is 3.93. The minimum absolute atomic E-state index is 0.0672. The summed E-state index contributed by atoms with van der Waals surface area (Å²) in [4.78, 5) is 12.0. The van der Waals surface area contributed by atoms with Crippen LogP contribution in [-0.2, 0) is 0 Å². The zero-order valence-electron chi connectivity index (χ0n) is 10.4. The van der Waals surface area contributed by atoms with E-state index in [1.54, 1.807) is 36.4 Å². The quantitative estimate of drug-likeness (QED) is 0.737. The van der Waals surface area contributed by atoms with Crippen LogP contribution >= 0.6 is 0 Å². The minimum atomic E-state index is -0.398. The molecule has 5 nitrogen and oxygen atoms in total. The Kier molecular flexibility index (Phi) is 3.56. The molecule has 2 aromatic rings. The number of aromatic hydroxyl groups is 1. The summed E-state index contributed by atoms with van der Waals surface area (Å²) in [6.45, 7) is 0. The van der Waals surface area contributed by atoms with E-state index in [2.05, 4.69) is 5.32 Å². The highest BCUT2D eigenvalue weighted by Crippen LogP contribution is 2.26. The third-order valence-corrected chi connectivity index (χ3v) is 2.64. The number of amides is 1. The fourth-order valence-corrected chi connectivity index (χ4v) is 1.65. The van der Waals surface area contributed by atoms with E-state index in [9.17, 15) is 9.90 Å². The van der Waals surface area contributed by atoms with E-state index in [4.69, 9.17) is 10.5 Å². The standard InChI is InChI=1S/C14H14N2O3/c1-19-13-8-9(6-7-11(13)15)16-14(18)10-4-2-3-5-12(10)17/h2-8,17H,15H2,1H3,(H,16,18). The molecular weight excluding hydrogens is 244 g/mol. The Morgan fingerprint density at radius 2 is 2.00 bits per heavy atom. The molecule has 4 N–H and O–H groups in total. The van der Waals surface area contributed by atoms with Gasteiger partial charge >= 0.3 is 0 Å². The van der Waals surface area contributed by atoms with Gasteiger partial charge in [-0.3, -0.25) is 4.79 Å². The van der Waals surface area contributed by atoms with E-state index in [0.29, 0.717) is 17.1 Å². The monoisotopic (exact) mass is 258 g/mol. The molecule has 5 heteroatoms. The number of methoxy groups -OCH3 is 1. The summed E-state index contributed by atoms with van der Waals surface area (Å²) in [7, 11) is 1.50. The lowest BCUT2D eigenvalue weighted by Gasteiger charge is -2.09. The summed E-state index contributed by atoms with van der Waals surface area (Å²) >= 11 is 0. The minimum Gasteiger partial charge on any atom is -0.507 e. The maximum absolute atomic E-state index is 12.0. The zero-order chi connectivity index (χ0) is 13.8. The van der Waals surface area contributed by atoms with Crippen LogP contribution in [0.25, 0.3) is 0 Å². The summed E-state index contributed by atoms with van der Waals surface area (Å²) in [5.74, 6) is 0.0161. The van der Waals surface area contributed by atoms with Gasteiger partial charge in [-0.2, -0.15) is 0 Å². The van der Waals surface area contributed by atoms with Gasteiger partial charge in [-0.15, -0.1) is 0 Å². The van der Waals surface area contributed by atoms with E-state index in [-0.39, 0.29) is 11.3 Å². The van der Waals surface area contributed by atoms with Crippen molar-refractivity contribution in [2.75, 3.05) is 18.2 Å². The first-order valence-corrected chi connectivity index (χ1v) is 5.64. The Hall–Kier alpha value is -2.69. The number of rotatable bonds is 3. The van der Waals surface area contributed by atoms with Crippen LogP contribution in [0.2, 0.25) is 0 Å². The lowest BCUT2D eigenvalue weighted by Crippen LogP contribution is -2.12. The summed E-state index contributed by atoms with van der Waals surface area (Å²) in [5.41, 5.74) is 6.93. The average molecular weight is 258 g/mol. The molecule has 0 fully saturated rings. The third-order valence-electron chi connectivity index (χ3n) is 2.64. The van der Waals surface area contributed by atoms with Crippen molar-refractivity contribution < 1.29 is 14.6 Å². The number of carbonyl (C=O) groups is 1. The summed E-state index contributed by atoms with van der Waals surface area (Å²) in [6, 6.07) is 11.2. The summed E-state index contributed by atoms with van der Waals surface area (Å²) in [6.07, 6.45) is 0. The number of hydrogen-bond donors (Lipinski definition) is 3. The summed E-state index contributed by atoms with van der Waals surface area (Å²) in [5, 5.41) is 12.3. The van der Waals surface area contributed by atoms with Crippen LogP contribution in [0.5, 0.6) is 11.5 Å². The number of nitrogens with one attached hydrogen (secondary N) is 1. The van der Waals surface area contributed by atoms with E-state index in [1.807, 2.05) is 0 Å². The zero-order valence-corrected chi connectivity index (χ0v) is 10.4. The molecule has 0 bridgehead atoms. The van der Waals surface area contributed by atoms with Crippen LogP contribution in [0.15, 0.2) is 42.5 Å². The van der Waals surface area contributed by atoms with Crippen molar-refractivity contribution in [3.63, 3.8) is 0 Å². The normalized spacial score (nSPS) is 9.95. The highest BCUT2D eigenvalue weighted by Gasteiger charge is 2.11. The van der Waals surface area contributed by atoms with E-state index in [1.165, 1.54) is 13.2 Å². The van der Waals surface area contributed by atoms with Crippen LogP contribution < -0.4 is 15.8 Å². The largest absolute Gasteiger partial charge is 0.507 e. The second kappa shape index (κ2) is 5.30. The van der Waals surface area contributed by atoms with Crippen molar-refractivity contribution >= 4 is 17.3 Å². The van der Waals surface area contributed by atoms with E-state index >= 15 is 0 Å². The van der Waals surface area contributed by atoms with Gasteiger partial charge in [-0.1, -0.05) is 12.1 Å². The highest BCUT2D eigenvalue weighted by molar-refractivity contribution is 6.06. The van der Waals surface area contributed by atoms with E-state index < -0.39 is 5.91 Å². The molecule has 0 atom stereocenters. The van der Waals surface area contributed by atoms with Crippen molar-refractivity contribution in [3.8, 4) is 11.5 Å². The molecule has 19 heavy (non-hydrogen) atoms. The molecule has 0 aliphatic heterocycles. The molecule has 1 amide bonds. The van der Waals surface area contributed by atoms with Gasteiger partial charge in [0.15, 0.2) is 0 Å². The van der Waals surface area contributed by atoms with Gasteiger partial charge in [0.2, 0.25) is 0 Å². The number of carbonyl (C=O) groups excluding carboxylic acids is 1. The van der Waals surface area contributed by atoms with Crippen LogP contribution in [0.3, 0.4) is 0 Å². The number of para-hydroxylation sites is 1. The Morgan fingerprint density at radius 3 is 2.68 bits per heavy atom. The Balaban J connectivity index is 2.22. The smallest absolute Gasteiger partial charge is 0.259 e. The molecule has 2 rings (SSSR count). The first-order chi connectivity index (χ1) is 9.11. The molecule has 2 aromatic carbocycles. The molecule has 0 saturated carbocycles. The Labute approximate surface area is 110 Å². The number of phenolic OH excluding ortho intramolecular Hbond substituents is 1. The van der Waals surface area contributed by atoms with Crippen molar-refractivity contribution in [3.05, 3.63) is 48.0 Å². The van der Waals surface area contributed by atoms with Gasteiger partial charge in [0.25, 0.3) is 5.91 Å². The first kappa shape index (κ1) is 12.8. The number of hydrogen-bond acceptors (Lipinski definition) is 4. The Morgan fingerprint density at radius 1 is 1.26 bits per heavy atom. The van der Waals surface area contributed by atoms with Crippen molar-refractivity contribution in [1.29, 1.82) is 0 Å². The topological polar surface area (TPSA) is 84.6 Å². The average Bonchev–Trinajstić information content (AvgIpc) is 2.41. The SMILES string of the molecule is COc1cc(NC(=O)c2ccccc2O)ccc1N. The van der Waals surface area contributed by atoms with E-state index in [0.717, 1.165) is 0 Å². The van der Waals surface area contributed by atoms with Gasteiger partial charge in [-0.25, -0.2) is 0 Å². The molecule has 0 aliphatic rings. The molecule has 0 spiro atoms. The molecule has 0 aliphatic carbocycles. The van der Waals surface area contributed by atoms with Crippen LogP contribution in [-0.4, -0.2) is 18.1 Å². The lowest BCUT2D eigenvalue weighted by molar-refractivity contribution is 0.102.